The molecule has 0 saturated heterocycles. The Morgan fingerprint density at radius 3 is 1.03 bits per heavy atom. The molecular weight excluding hydrogens is 456 g/mol. The van der Waals surface area contributed by atoms with Crippen LogP contribution in [0.1, 0.15) is 129 Å². The zero-order chi connectivity index (χ0) is 28.5. The topological polar surface area (TPSA) is 0 Å². The lowest BCUT2D eigenvalue weighted by Gasteiger charge is -2.41. The summed E-state index contributed by atoms with van der Waals surface area (Å²) in [6.07, 6.45) is 9.61. The molecule has 0 aromatic heterocycles. The zero-order valence-corrected chi connectivity index (χ0v) is 27.3. The van der Waals surface area contributed by atoms with Crippen LogP contribution >= 0.6 is 0 Å². The third-order valence-corrected chi connectivity index (χ3v) is 9.49. The van der Waals surface area contributed by atoms with E-state index in [1.807, 2.05) is 0 Å². The largest absolute Gasteiger partial charge is 0.0599 e. The summed E-state index contributed by atoms with van der Waals surface area (Å²) in [6, 6.07) is 14.9. The summed E-state index contributed by atoms with van der Waals surface area (Å²) in [5, 5.41) is 0. The number of hydrogen-bond donors (Lipinski definition) is 0. The Morgan fingerprint density at radius 2 is 0.737 bits per heavy atom. The van der Waals surface area contributed by atoms with Crippen molar-refractivity contribution in [3.8, 4) is 0 Å². The molecule has 1 aliphatic carbocycles. The fourth-order valence-electron chi connectivity index (χ4n) is 8.11. The van der Waals surface area contributed by atoms with Gasteiger partial charge >= 0.3 is 0 Å². The quantitative estimate of drug-likeness (QED) is 0.358. The van der Waals surface area contributed by atoms with Gasteiger partial charge in [0.1, 0.15) is 0 Å². The highest BCUT2D eigenvalue weighted by atomic mass is 14.4. The fraction of sp³-hybridized carbons (Fsp3) is 0.684. The molecule has 0 saturated carbocycles. The first-order valence-electron chi connectivity index (χ1n) is 15.6. The smallest absolute Gasteiger partial charge is 0.0235 e. The molecular formula is C38H60. The van der Waals surface area contributed by atoms with Crippen molar-refractivity contribution in [2.45, 2.75) is 134 Å². The Hall–Kier alpha value is -1.56. The lowest BCUT2D eigenvalue weighted by Crippen LogP contribution is -2.33. The van der Waals surface area contributed by atoms with Crippen molar-refractivity contribution >= 4 is 0 Å². The highest BCUT2D eigenvalue weighted by Gasteiger charge is 2.35. The molecule has 0 nitrogen and oxygen atoms in total. The van der Waals surface area contributed by atoms with Crippen LogP contribution in [0, 0.1) is 33.5 Å². The first kappa shape index (κ1) is 31.0. The average molecular weight is 517 g/mol. The molecule has 0 heterocycles. The summed E-state index contributed by atoms with van der Waals surface area (Å²) >= 11 is 0. The van der Waals surface area contributed by atoms with Crippen molar-refractivity contribution in [1.82, 2.24) is 0 Å². The Labute approximate surface area is 237 Å². The summed E-state index contributed by atoms with van der Waals surface area (Å²) in [7, 11) is 0. The molecule has 2 aromatic carbocycles. The van der Waals surface area contributed by atoms with E-state index in [4.69, 9.17) is 0 Å². The number of benzene rings is 2. The van der Waals surface area contributed by atoms with E-state index < -0.39 is 0 Å². The molecule has 0 atom stereocenters. The van der Waals surface area contributed by atoms with E-state index in [0.717, 1.165) is 0 Å². The first-order valence-corrected chi connectivity index (χ1v) is 15.6. The van der Waals surface area contributed by atoms with E-state index in [9.17, 15) is 0 Å². The lowest BCUT2D eigenvalue weighted by molar-refractivity contribution is 0.0929. The van der Waals surface area contributed by atoms with Gasteiger partial charge in [-0.2, -0.15) is 0 Å². The van der Waals surface area contributed by atoms with Crippen molar-refractivity contribution < 1.29 is 0 Å². The van der Waals surface area contributed by atoms with Crippen molar-refractivity contribution in [2.75, 3.05) is 0 Å². The van der Waals surface area contributed by atoms with E-state index >= 15 is 0 Å². The van der Waals surface area contributed by atoms with Crippen LogP contribution in [0.15, 0.2) is 36.4 Å². The average Bonchev–Trinajstić information content (AvgIpc) is 2.72. The number of fused-ring (bicyclic) bond motifs is 2. The van der Waals surface area contributed by atoms with Crippen molar-refractivity contribution in [3.05, 3.63) is 69.8 Å². The van der Waals surface area contributed by atoms with Crippen LogP contribution in [0.3, 0.4) is 0 Å². The highest BCUT2D eigenvalue weighted by Crippen LogP contribution is 2.44. The van der Waals surface area contributed by atoms with E-state index in [2.05, 4.69) is 119 Å². The number of rotatable bonds is 6. The molecule has 0 aliphatic heterocycles. The third kappa shape index (κ3) is 8.22. The van der Waals surface area contributed by atoms with Gasteiger partial charge in [0.15, 0.2) is 0 Å². The summed E-state index contributed by atoms with van der Waals surface area (Å²) in [6.45, 7) is 29.0. The maximum absolute atomic E-state index is 2.55. The van der Waals surface area contributed by atoms with Crippen LogP contribution in [0.5, 0.6) is 0 Å². The van der Waals surface area contributed by atoms with Gasteiger partial charge in [-0.1, -0.05) is 119 Å². The standard InChI is InChI=1S/C38H60/c1-35(2,3)33(36(4,5)6)23-15-27-13-17-29-20-22-32-26-28(14-18-30(32)19-21-31(29)25-27)16-24-34(37(7,8)9)38(10,11)12/h13-14,17-18,25-26,33-34H,15-16,19-24H2,1-12H3. The molecule has 0 bridgehead atoms. The van der Waals surface area contributed by atoms with Gasteiger partial charge in [0, 0.05) is 0 Å². The van der Waals surface area contributed by atoms with Crippen LogP contribution in [0.2, 0.25) is 0 Å². The minimum atomic E-state index is 0.338. The second-order valence-corrected chi connectivity index (χ2v) is 16.9. The van der Waals surface area contributed by atoms with Gasteiger partial charge in [-0.05, 0) is 118 Å². The van der Waals surface area contributed by atoms with Crippen LogP contribution in [-0.4, -0.2) is 0 Å². The van der Waals surface area contributed by atoms with Crippen LogP contribution < -0.4 is 0 Å². The van der Waals surface area contributed by atoms with E-state index in [1.165, 1.54) is 62.5 Å². The number of hydrogen-bond acceptors (Lipinski definition) is 0. The predicted octanol–water partition coefficient (Wildman–Crippen LogP) is 10.9. The van der Waals surface area contributed by atoms with Gasteiger partial charge in [-0.15, -0.1) is 0 Å². The van der Waals surface area contributed by atoms with E-state index in [-0.39, 0.29) is 0 Å². The molecule has 2 aromatic rings. The maximum Gasteiger partial charge on any atom is -0.0235 e. The first-order chi connectivity index (χ1) is 17.4. The molecule has 0 radical (unpaired) electrons. The van der Waals surface area contributed by atoms with Crippen LogP contribution in [0.4, 0.5) is 0 Å². The molecule has 0 fully saturated rings. The lowest BCUT2D eigenvalue weighted by atomic mass is 9.64. The van der Waals surface area contributed by atoms with Gasteiger partial charge in [0.05, 0.1) is 0 Å². The molecule has 3 rings (SSSR count). The molecule has 0 N–H and O–H groups in total. The minimum Gasteiger partial charge on any atom is -0.0599 e. The monoisotopic (exact) mass is 516 g/mol. The molecule has 212 valence electrons. The van der Waals surface area contributed by atoms with Crippen molar-refractivity contribution in [1.29, 1.82) is 0 Å². The second-order valence-electron chi connectivity index (χ2n) is 16.9. The van der Waals surface area contributed by atoms with Crippen LogP contribution in [-0.2, 0) is 38.5 Å². The van der Waals surface area contributed by atoms with Gasteiger partial charge < -0.3 is 0 Å². The van der Waals surface area contributed by atoms with Gasteiger partial charge in [0.25, 0.3) is 0 Å². The van der Waals surface area contributed by atoms with E-state index in [0.29, 0.717) is 33.5 Å². The molecule has 0 spiro atoms. The fourth-order valence-corrected chi connectivity index (χ4v) is 8.11. The summed E-state index contributed by atoms with van der Waals surface area (Å²) in [5.41, 5.74) is 10.8. The Kier molecular flexibility index (Phi) is 9.38. The Balaban J connectivity index is 1.69. The second kappa shape index (κ2) is 11.5. The number of aryl methyl sites for hydroxylation is 6. The van der Waals surface area contributed by atoms with Crippen molar-refractivity contribution in [2.24, 2.45) is 33.5 Å². The van der Waals surface area contributed by atoms with Gasteiger partial charge in [-0.25, -0.2) is 0 Å². The minimum absolute atomic E-state index is 0.338. The normalized spacial score (nSPS) is 15.3. The Morgan fingerprint density at radius 1 is 0.447 bits per heavy atom. The van der Waals surface area contributed by atoms with Gasteiger partial charge in [0.2, 0.25) is 0 Å². The SMILES string of the molecule is CC(C)(C)C(CCc1ccc2c(c1)CCc1ccc(CCC(C(C)(C)C)C(C)(C)C)cc1CC2)C(C)(C)C. The molecule has 0 amide bonds. The van der Waals surface area contributed by atoms with Crippen molar-refractivity contribution in [3.63, 3.8) is 0 Å². The summed E-state index contributed by atoms with van der Waals surface area (Å²) in [4.78, 5) is 0. The maximum atomic E-state index is 2.55. The molecule has 1 aliphatic rings. The summed E-state index contributed by atoms with van der Waals surface area (Å²) < 4.78 is 0. The summed E-state index contributed by atoms with van der Waals surface area (Å²) in [5.74, 6) is 1.42. The zero-order valence-electron chi connectivity index (χ0n) is 27.3. The van der Waals surface area contributed by atoms with E-state index in [1.54, 1.807) is 22.3 Å². The molecule has 0 unspecified atom stereocenters. The Bertz CT molecular complexity index is 940. The predicted molar refractivity (Wildman–Crippen MR) is 169 cm³/mol. The van der Waals surface area contributed by atoms with Gasteiger partial charge in [-0.3, -0.25) is 0 Å². The third-order valence-electron chi connectivity index (χ3n) is 9.49. The highest BCUT2D eigenvalue weighted by molar-refractivity contribution is 5.39. The molecule has 38 heavy (non-hydrogen) atoms. The molecule has 0 heteroatoms. The van der Waals surface area contributed by atoms with Crippen LogP contribution in [0.25, 0.3) is 0 Å².